The second-order valence-corrected chi connectivity index (χ2v) is 6.19. The van der Waals surface area contributed by atoms with Crippen LogP contribution in [0.15, 0.2) is 18.2 Å². The van der Waals surface area contributed by atoms with Crippen LogP contribution in [0.2, 0.25) is 0 Å². The normalized spacial score (nSPS) is 17.7. The molecule has 0 spiro atoms. The molecule has 0 unspecified atom stereocenters. The van der Waals surface area contributed by atoms with Crippen LogP contribution < -0.4 is 8.92 Å². The number of hydrogen-bond donors (Lipinski definition) is 0. The second-order valence-electron chi connectivity index (χ2n) is 4.62. The van der Waals surface area contributed by atoms with E-state index in [0.717, 1.165) is 17.6 Å². The van der Waals surface area contributed by atoms with Gasteiger partial charge in [0.2, 0.25) is 0 Å². The van der Waals surface area contributed by atoms with Crippen LogP contribution in [0.3, 0.4) is 0 Å². The lowest BCUT2D eigenvalue weighted by molar-refractivity contribution is 0.291. The molecular formula is C11H14O4S. The molecule has 0 aromatic heterocycles. The third kappa shape index (κ3) is 2.14. The molecular weight excluding hydrogens is 228 g/mol. The summed E-state index contributed by atoms with van der Waals surface area (Å²) in [7, 11) is -3.47. The molecule has 0 bridgehead atoms. The standard InChI is InChI=1S/C11H14O4S/c1-11(2)7-14-10-5-4-8(6-9(10)11)15-16(3,12)13/h4-6H,7H2,1-3H3. The van der Waals surface area contributed by atoms with Crippen molar-refractivity contribution in [3.05, 3.63) is 23.8 Å². The smallest absolute Gasteiger partial charge is 0.306 e. The van der Waals surface area contributed by atoms with Gasteiger partial charge in [-0.15, -0.1) is 0 Å². The van der Waals surface area contributed by atoms with Crippen LogP contribution in [-0.2, 0) is 15.5 Å². The molecule has 5 heteroatoms. The third-order valence-electron chi connectivity index (χ3n) is 2.52. The summed E-state index contributed by atoms with van der Waals surface area (Å²) >= 11 is 0. The van der Waals surface area contributed by atoms with E-state index in [1.807, 2.05) is 13.8 Å². The molecule has 88 valence electrons. The number of benzene rings is 1. The van der Waals surface area contributed by atoms with Crippen molar-refractivity contribution in [1.29, 1.82) is 0 Å². The molecule has 16 heavy (non-hydrogen) atoms. The maximum absolute atomic E-state index is 11.0. The van der Waals surface area contributed by atoms with Gasteiger partial charge in [-0.1, -0.05) is 13.8 Å². The maximum atomic E-state index is 11.0. The van der Waals surface area contributed by atoms with Gasteiger partial charge in [0.25, 0.3) is 0 Å². The van der Waals surface area contributed by atoms with Crippen LogP contribution >= 0.6 is 0 Å². The quantitative estimate of drug-likeness (QED) is 0.741. The molecule has 0 saturated heterocycles. The summed E-state index contributed by atoms with van der Waals surface area (Å²) < 4.78 is 32.3. The van der Waals surface area contributed by atoms with Gasteiger partial charge in [0.15, 0.2) is 0 Å². The van der Waals surface area contributed by atoms with Gasteiger partial charge in [-0.3, -0.25) is 0 Å². The monoisotopic (exact) mass is 242 g/mol. The number of hydrogen-bond acceptors (Lipinski definition) is 4. The van der Waals surface area contributed by atoms with Gasteiger partial charge in [-0.05, 0) is 18.2 Å². The van der Waals surface area contributed by atoms with Crippen LogP contribution in [-0.4, -0.2) is 21.3 Å². The molecule has 1 aliphatic heterocycles. The lowest BCUT2D eigenvalue weighted by atomic mass is 9.87. The predicted molar refractivity (Wildman–Crippen MR) is 60.4 cm³/mol. The summed E-state index contributed by atoms with van der Waals surface area (Å²) in [4.78, 5) is 0. The average Bonchev–Trinajstić information content (AvgIpc) is 2.40. The van der Waals surface area contributed by atoms with Crippen molar-refractivity contribution >= 4 is 10.1 Å². The summed E-state index contributed by atoms with van der Waals surface area (Å²) in [6.07, 6.45) is 1.03. The zero-order valence-electron chi connectivity index (χ0n) is 9.48. The van der Waals surface area contributed by atoms with Crippen molar-refractivity contribution in [2.45, 2.75) is 19.3 Å². The van der Waals surface area contributed by atoms with Gasteiger partial charge in [-0.2, -0.15) is 8.42 Å². The Morgan fingerprint density at radius 1 is 1.38 bits per heavy atom. The molecule has 0 fully saturated rings. The van der Waals surface area contributed by atoms with E-state index >= 15 is 0 Å². The minimum Gasteiger partial charge on any atom is -0.492 e. The van der Waals surface area contributed by atoms with Crippen molar-refractivity contribution < 1.29 is 17.3 Å². The Morgan fingerprint density at radius 3 is 2.69 bits per heavy atom. The van der Waals surface area contributed by atoms with E-state index in [9.17, 15) is 8.42 Å². The van der Waals surface area contributed by atoms with Crippen molar-refractivity contribution in [1.82, 2.24) is 0 Å². The van der Waals surface area contributed by atoms with Gasteiger partial charge in [0.05, 0.1) is 12.9 Å². The van der Waals surface area contributed by atoms with Gasteiger partial charge in [-0.25, -0.2) is 0 Å². The summed E-state index contributed by atoms with van der Waals surface area (Å²) in [5, 5.41) is 0. The van der Waals surface area contributed by atoms with Crippen molar-refractivity contribution in [3.63, 3.8) is 0 Å². The molecule has 4 nitrogen and oxygen atoms in total. The zero-order chi connectivity index (χ0) is 12.0. The van der Waals surface area contributed by atoms with E-state index in [2.05, 4.69) is 0 Å². The highest BCUT2D eigenvalue weighted by molar-refractivity contribution is 7.86. The van der Waals surface area contributed by atoms with Crippen LogP contribution in [0.4, 0.5) is 0 Å². The minimum atomic E-state index is -3.47. The van der Waals surface area contributed by atoms with Crippen LogP contribution in [0, 0.1) is 0 Å². The van der Waals surface area contributed by atoms with E-state index < -0.39 is 10.1 Å². The highest BCUT2D eigenvalue weighted by Gasteiger charge is 2.32. The Hall–Kier alpha value is -1.23. The molecule has 1 aliphatic rings. The average molecular weight is 242 g/mol. The Morgan fingerprint density at radius 2 is 2.06 bits per heavy atom. The lowest BCUT2D eigenvalue weighted by Crippen LogP contribution is -2.18. The third-order valence-corrected chi connectivity index (χ3v) is 3.01. The summed E-state index contributed by atoms with van der Waals surface area (Å²) in [6, 6.07) is 5.06. The first-order valence-corrected chi connectivity index (χ1v) is 6.76. The zero-order valence-corrected chi connectivity index (χ0v) is 10.3. The largest absolute Gasteiger partial charge is 0.492 e. The highest BCUT2D eigenvalue weighted by atomic mass is 32.2. The molecule has 0 atom stereocenters. The fraction of sp³-hybridized carbons (Fsp3) is 0.455. The van der Waals surface area contributed by atoms with Crippen LogP contribution in [0.25, 0.3) is 0 Å². The van der Waals surface area contributed by atoms with Gasteiger partial charge in [0, 0.05) is 11.0 Å². The number of fused-ring (bicyclic) bond motifs is 1. The SMILES string of the molecule is CC1(C)COc2ccc(OS(C)(=O)=O)cc21. The molecule has 1 heterocycles. The van der Waals surface area contributed by atoms with Crippen molar-refractivity contribution in [2.75, 3.05) is 12.9 Å². The Labute approximate surface area is 95.3 Å². The fourth-order valence-electron chi connectivity index (χ4n) is 1.73. The molecule has 0 aliphatic carbocycles. The summed E-state index contributed by atoms with van der Waals surface area (Å²) in [5.74, 6) is 1.13. The molecule has 0 saturated carbocycles. The van der Waals surface area contributed by atoms with E-state index in [1.54, 1.807) is 18.2 Å². The fourth-order valence-corrected chi connectivity index (χ4v) is 2.18. The van der Waals surface area contributed by atoms with E-state index in [4.69, 9.17) is 8.92 Å². The molecule has 0 amide bonds. The summed E-state index contributed by atoms with van der Waals surface area (Å²) in [5.41, 5.74) is 0.875. The van der Waals surface area contributed by atoms with Gasteiger partial charge in [0.1, 0.15) is 11.5 Å². The van der Waals surface area contributed by atoms with Gasteiger partial charge < -0.3 is 8.92 Å². The first-order chi connectivity index (χ1) is 7.28. The Balaban J connectivity index is 2.40. The molecule has 0 N–H and O–H groups in total. The first kappa shape index (κ1) is 11.3. The Kier molecular flexibility index (Phi) is 2.38. The van der Waals surface area contributed by atoms with E-state index in [0.29, 0.717) is 12.4 Å². The van der Waals surface area contributed by atoms with Crippen molar-refractivity contribution in [3.8, 4) is 11.5 Å². The topological polar surface area (TPSA) is 52.6 Å². The second kappa shape index (κ2) is 3.38. The summed E-state index contributed by atoms with van der Waals surface area (Å²) in [6.45, 7) is 4.69. The minimum absolute atomic E-state index is 0.105. The molecule has 2 rings (SSSR count). The number of ether oxygens (including phenoxy) is 1. The lowest BCUT2D eigenvalue weighted by Gasteiger charge is -2.15. The molecule has 1 aromatic carbocycles. The Bertz CT molecular complexity index is 517. The van der Waals surface area contributed by atoms with E-state index in [1.165, 1.54) is 0 Å². The highest BCUT2D eigenvalue weighted by Crippen LogP contribution is 2.40. The number of rotatable bonds is 2. The van der Waals surface area contributed by atoms with Crippen molar-refractivity contribution in [2.24, 2.45) is 0 Å². The van der Waals surface area contributed by atoms with Crippen LogP contribution in [0.1, 0.15) is 19.4 Å². The molecule has 1 aromatic rings. The molecule has 0 radical (unpaired) electrons. The van der Waals surface area contributed by atoms with Crippen LogP contribution in [0.5, 0.6) is 11.5 Å². The predicted octanol–water partition coefficient (Wildman–Crippen LogP) is 1.70. The van der Waals surface area contributed by atoms with E-state index in [-0.39, 0.29) is 5.41 Å². The van der Waals surface area contributed by atoms with Gasteiger partial charge >= 0.3 is 10.1 Å². The first-order valence-electron chi connectivity index (χ1n) is 4.95. The maximum Gasteiger partial charge on any atom is 0.306 e.